The van der Waals surface area contributed by atoms with Crippen molar-refractivity contribution in [2.24, 2.45) is 5.14 Å². The average molecular weight is 345 g/mol. The Morgan fingerprint density at radius 2 is 1.74 bits per heavy atom. The maximum Gasteiger partial charge on any atom is 0.238 e. The van der Waals surface area contributed by atoms with Crippen LogP contribution in [0.1, 0.15) is 16.3 Å². The molecule has 0 unspecified atom stereocenters. The Morgan fingerprint density at radius 1 is 1.09 bits per heavy atom. The molecule has 3 aromatic rings. The molecule has 0 spiro atoms. The number of nitrogens with zero attached hydrogens (tertiary/aromatic N) is 2. The summed E-state index contributed by atoms with van der Waals surface area (Å²) in [5, 5.41) is 6.14. The predicted octanol–water partition coefficient (Wildman–Crippen LogP) is 2.75. The number of benzene rings is 1. The summed E-state index contributed by atoms with van der Waals surface area (Å²) in [4.78, 5) is 9.77. The highest BCUT2D eigenvalue weighted by Crippen LogP contribution is 2.31. The number of aryl methyl sites for hydroxylation is 1. The van der Waals surface area contributed by atoms with Crippen LogP contribution in [-0.2, 0) is 16.4 Å². The fourth-order valence-corrected chi connectivity index (χ4v) is 3.89. The molecule has 118 valence electrons. The molecular formula is C16H15N3O2S2. The molecule has 7 heteroatoms. The molecule has 0 radical (unpaired) electrons. The lowest BCUT2D eigenvalue weighted by Crippen LogP contribution is -2.11. The van der Waals surface area contributed by atoms with Gasteiger partial charge in [0.2, 0.25) is 10.0 Å². The molecule has 23 heavy (non-hydrogen) atoms. The second kappa shape index (κ2) is 6.19. The number of hydrogen-bond acceptors (Lipinski definition) is 5. The normalized spacial score (nSPS) is 11.6. The molecule has 0 saturated heterocycles. The molecule has 0 fully saturated rings. The molecule has 1 aromatic carbocycles. The molecule has 3 rings (SSSR count). The van der Waals surface area contributed by atoms with Crippen LogP contribution < -0.4 is 5.14 Å². The van der Waals surface area contributed by atoms with Crippen molar-refractivity contribution in [2.45, 2.75) is 18.2 Å². The van der Waals surface area contributed by atoms with Gasteiger partial charge in [-0.3, -0.25) is 4.98 Å². The summed E-state index contributed by atoms with van der Waals surface area (Å²) in [5.74, 6) is 0. The minimum atomic E-state index is -3.67. The van der Waals surface area contributed by atoms with Crippen LogP contribution in [0.3, 0.4) is 0 Å². The van der Waals surface area contributed by atoms with Crippen LogP contribution in [0.15, 0.2) is 53.7 Å². The van der Waals surface area contributed by atoms with Crippen molar-refractivity contribution < 1.29 is 8.42 Å². The van der Waals surface area contributed by atoms with E-state index in [0.29, 0.717) is 0 Å². The van der Waals surface area contributed by atoms with Gasteiger partial charge in [-0.1, -0.05) is 12.1 Å². The van der Waals surface area contributed by atoms with Gasteiger partial charge in [0, 0.05) is 18.8 Å². The van der Waals surface area contributed by atoms with Gasteiger partial charge in [-0.2, -0.15) is 0 Å². The second-order valence-electron chi connectivity index (χ2n) is 5.12. The highest BCUT2D eigenvalue weighted by atomic mass is 32.2. The minimum Gasteiger partial charge on any atom is -0.265 e. The molecule has 5 nitrogen and oxygen atoms in total. The number of hydrogen-bond donors (Lipinski definition) is 1. The predicted molar refractivity (Wildman–Crippen MR) is 90.7 cm³/mol. The van der Waals surface area contributed by atoms with Crippen molar-refractivity contribution >= 4 is 21.4 Å². The zero-order valence-corrected chi connectivity index (χ0v) is 14.1. The lowest BCUT2D eigenvalue weighted by Gasteiger charge is -2.01. The Morgan fingerprint density at radius 3 is 2.35 bits per heavy atom. The average Bonchev–Trinajstić information content (AvgIpc) is 2.88. The third-order valence-electron chi connectivity index (χ3n) is 3.39. The summed E-state index contributed by atoms with van der Waals surface area (Å²) in [7, 11) is -3.67. The van der Waals surface area contributed by atoms with E-state index in [9.17, 15) is 8.42 Å². The summed E-state index contributed by atoms with van der Waals surface area (Å²) in [6.07, 6.45) is 4.29. The lowest BCUT2D eigenvalue weighted by molar-refractivity contribution is 0.598. The van der Waals surface area contributed by atoms with Crippen molar-refractivity contribution in [3.05, 3.63) is 65.1 Å². The van der Waals surface area contributed by atoms with E-state index in [1.165, 1.54) is 12.1 Å². The summed E-state index contributed by atoms with van der Waals surface area (Å²) >= 11 is 1.61. The lowest BCUT2D eigenvalue weighted by atomic mass is 10.1. The van der Waals surface area contributed by atoms with Gasteiger partial charge in [-0.05, 0) is 42.3 Å². The highest BCUT2D eigenvalue weighted by molar-refractivity contribution is 7.89. The maximum atomic E-state index is 11.3. The molecule has 2 aromatic heterocycles. The fourth-order valence-electron chi connectivity index (χ4n) is 2.27. The first-order valence-electron chi connectivity index (χ1n) is 6.92. The number of rotatable bonds is 4. The molecule has 0 aliphatic rings. The minimum absolute atomic E-state index is 0.112. The number of primary sulfonamides is 1. The molecule has 2 N–H and O–H groups in total. The van der Waals surface area contributed by atoms with E-state index in [0.717, 1.165) is 33.1 Å². The molecule has 0 bridgehead atoms. The van der Waals surface area contributed by atoms with E-state index in [1.54, 1.807) is 35.9 Å². The van der Waals surface area contributed by atoms with Gasteiger partial charge in [0.1, 0.15) is 0 Å². The Labute approximate surface area is 138 Å². The van der Waals surface area contributed by atoms with Crippen molar-refractivity contribution in [2.75, 3.05) is 0 Å². The van der Waals surface area contributed by atoms with Crippen molar-refractivity contribution in [3.63, 3.8) is 0 Å². The first-order chi connectivity index (χ1) is 10.9. The van der Waals surface area contributed by atoms with Crippen molar-refractivity contribution in [1.82, 2.24) is 9.97 Å². The number of pyridine rings is 1. The number of aromatic nitrogens is 2. The first kappa shape index (κ1) is 15.8. The summed E-state index contributed by atoms with van der Waals surface area (Å²) < 4.78 is 22.6. The SMILES string of the molecule is Cc1nc(Cc2ccncc2)sc1-c1ccc(S(N)(=O)=O)cc1. The van der Waals surface area contributed by atoms with E-state index >= 15 is 0 Å². The van der Waals surface area contributed by atoms with Gasteiger partial charge in [0.25, 0.3) is 0 Å². The Bertz CT molecular complexity index is 918. The van der Waals surface area contributed by atoms with E-state index < -0.39 is 10.0 Å². The molecule has 0 saturated carbocycles. The number of nitrogens with two attached hydrogens (primary N) is 1. The zero-order chi connectivity index (χ0) is 16.4. The van der Waals surface area contributed by atoms with Crippen LogP contribution in [0, 0.1) is 6.92 Å². The Kier molecular flexibility index (Phi) is 4.25. The number of sulfonamides is 1. The second-order valence-corrected chi connectivity index (χ2v) is 7.77. The summed E-state index contributed by atoms with van der Waals surface area (Å²) in [6.45, 7) is 1.95. The van der Waals surface area contributed by atoms with E-state index in [-0.39, 0.29) is 4.90 Å². The largest absolute Gasteiger partial charge is 0.265 e. The topological polar surface area (TPSA) is 85.9 Å². The molecule has 2 heterocycles. The van der Waals surface area contributed by atoms with Crippen LogP contribution in [0.25, 0.3) is 10.4 Å². The van der Waals surface area contributed by atoms with Gasteiger partial charge in [-0.15, -0.1) is 11.3 Å². The summed E-state index contributed by atoms with van der Waals surface area (Å²) in [6, 6.07) is 10.5. The zero-order valence-electron chi connectivity index (χ0n) is 12.4. The third kappa shape index (κ3) is 3.64. The van der Waals surface area contributed by atoms with Crippen LogP contribution in [-0.4, -0.2) is 18.4 Å². The van der Waals surface area contributed by atoms with E-state index in [4.69, 9.17) is 5.14 Å². The maximum absolute atomic E-state index is 11.3. The Balaban J connectivity index is 1.89. The fraction of sp³-hybridized carbons (Fsp3) is 0.125. The summed E-state index contributed by atoms with van der Waals surface area (Å²) in [5.41, 5.74) is 3.03. The quantitative estimate of drug-likeness (QED) is 0.788. The van der Waals surface area contributed by atoms with Gasteiger partial charge in [0.15, 0.2) is 0 Å². The standard InChI is InChI=1S/C16H15N3O2S2/c1-11-16(13-2-4-14(5-3-13)23(17,20)21)22-15(19-11)10-12-6-8-18-9-7-12/h2-9H,10H2,1H3,(H2,17,20,21). The molecule has 0 amide bonds. The molecular weight excluding hydrogens is 330 g/mol. The van der Waals surface area contributed by atoms with E-state index in [1.807, 2.05) is 19.1 Å². The number of thiazole rings is 1. The Hall–Kier alpha value is -2.09. The molecule has 0 aliphatic heterocycles. The van der Waals surface area contributed by atoms with Crippen LogP contribution in [0.5, 0.6) is 0 Å². The van der Waals surface area contributed by atoms with Crippen LogP contribution in [0.2, 0.25) is 0 Å². The van der Waals surface area contributed by atoms with Gasteiger partial charge in [0.05, 0.1) is 20.5 Å². The van der Waals surface area contributed by atoms with Crippen LogP contribution in [0.4, 0.5) is 0 Å². The third-order valence-corrected chi connectivity index (χ3v) is 5.53. The highest BCUT2D eigenvalue weighted by Gasteiger charge is 2.12. The van der Waals surface area contributed by atoms with Gasteiger partial charge in [-0.25, -0.2) is 18.5 Å². The monoisotopic (exact) mass is 345 g/mol. The first-order valence-corrected chi connectivity index (χ1v) is 9.28. The molecule has 0 aliphatic carbocycles. The van der Waals surface area contributed by atoms with Gasteiger partial charge < -0.3 is 0 Å². The molecule has 0 atom stereocenters. The van der Waals surface area contributed by atoms with Crippen molar-refractivity contribution in [1.29, 1.82) is 0 Å². The van der Waals surface area contributed by atoms with E-state index in [2.05, 4.69) is 9.97 Å². The van der Waals surface area contributed by atoms with Gasteiger partial charge >= 0.3 is 0 Å². The smallest absolute Gasteiger partial charge is 0.238 e. The van der Waals surface area contributed by atoms with Crippen molar-refractivity contribution in [3.8, 4) is 10.4 Å². The van der Waals surface area contributed by atoms with Crippen LogP contribution >= 0.6 is 11.3 Å².